The third kappa shape index (κ3) is 3.33. The van der Waals surface area contributed by atoms with Crippen molar-refractivity contribution in [1.82, 2.24) is 29.5 Å². The van der Waals surface area contributed by atoms with Crippen molar-refractivity contribution >= 4 is 11.3 Å². The molecular weight excluding hydrogens is 421 g/mol. The summed E-state index contributed by atoms with van der Waals surface area (Å²) < 4.78 is 15.9. The van der Waals surface area contributed by atoms with Crippen LogP contribution >= 0.6 is 0 Å². The first-order valence-electron chi connectivity index (χ1n) is 10.7. The molecule has 0 unspecified atom stereocenters. The van der Waals surface area contributed by atoms with E-state index >= 15 is 0 Å². The number of fused-ring (bicyclic) bond motifs is 2. The molecule has 0 aliphatic carbocycles. The Bertz CT molecular complexity index is 1410. The van der Waals surface area contributed by atoms with Crippen LogP contribution in [0.3, 0.4) is 0 Å². The van der Waals surface area contributed by atoms with Gasteiger partial charge in [-0.1, -0.05) is 30.3 Å². The van der Waals surface area contributed by atoms with E-state index < -0.39 is 6.10 Å². The highest BCUT2D eigenvalue weighted by Gasteiger charge is 2.34. The molecule has 33 heavy (non-hydrogen) atoms. The standard InChI is InChI=1S/C24H20FN7O/c25-16-7-4-9-32-20(16)11-18(30-32)23-22-17(28-14-29-22)8-10-31(23)21-13-26-19(12-27-21)24(33)15-5-2-1-3-6-15/h1-7,9,11-14,23-24,33H,8,10H2,(H,28,29)/t23-,24+/m1/s1. The molecule has 1 aromatic carbocycles. The molecule has 0 fully saturated rings. The van der Waals surface area contributed by atoms with Crippen molar-refractivity contribution < 1.29 is 9.50 Å². The highest BCUT2D eigenvalue weighted by Crippen LogP contribution is 2.36. The van der Waals surface area contributed by atoms with Crippen LogP contribution in [-0.4, -0.2) is 41.2 Å². The fourth-order valence-corrected chi connectivity index (χ4v) is 4.38. The van der Waals surface area contributed by atoms with E-state index in [0.717, 1.165) is 23.4 Å². The van der Waals surface area contributed by atoms with E-state index in [0.29, 0.717) is 29.3 Å². The summed E-state index contributed by atoms with van der Waals surface area (Å²) in [5.74, 6) is 0.301. The molecule has 1 aliphatic heterocycles. The van der Waals surface area contributed by atoms with Gasteiger partial charge in [0.25, 0.3) is 0 Å². The number of aliphatic hydroxyl groups is 1. The average molecular weight is 441 g/mol. The minimum Gasteiger partial charge on any atom is -0.382 e. The lowest BCUT2D eigenvalue weighted by atomic mass is 10.00. The third-order valence-corrected chi connectivity index (χ3v) is 6.02. The third-order valence-electron chi connectivity index (χ3n) is 6.02. The Hall–Kier alpha value is -4.11. The zero-order valence-electron chi connectivity index (χ0n) is 17.5. The summed E-state index contributed by atoms with van der Waals surface area (Å²) in [7, 11) is 0. The maximum Gasteiger partial charge on any atom is 0.148 e. The predicted molar refractivity (Wildman–Crippen MR) is 119 cm³/mol. The summed E-state index contributed by atoms with van der Waals surface area (Å²) in [5.41, 5.74) is 4.15. The summed E-state index contributed by atoms with van der Waals surface area (Å²) in [6.07, 6.45) is 6.53. The van der Waals surface area contributed by atoms with Crippen molar-refractivity contribution in [2.24, 2.45) is 0 Å². The molecule has 6 rings (SSSR count). The summed E-state index contributed by atoms with van der Waals surface area (Å²) in [5, 5.41) is 15.3. The van der Waals surface area contributed by atoms with Gasteiger partial charge in [0.15, 0.2) is 0 Å². The molecule has 0 saturated heterocycles. The number of nitrogens with zero attached hydrogens (tertiary/aromatic N) is 6. The van der Waals surface area contributed by atoms with Gasteiger partial charge in [0.05, 0.1) is 35.8 Å². The zero-order valence-corrected chi connectivity index (χ0v) is 17.5. The van der Waals surface area contributed by atoms with Crippen molar-refractivity contribution in [1.29, 1.82) is 0 Å². The summed E-state index contributed by atoms with van der Waals surface area (Å²) in [6.45, 7) is 0.658. The minimum atomic E-state index is -0.857. The first-order chi connectivity index (χ1) is 16.2. The molecule has 1 aliphatic rings. The van der Waals surface area contributed by atoms with E-state index in [1.165, 1.54) is 10.6 Å². The number of benzene rings is 1. The summed E-state index contributed by atoms with van der Waals surface area (Å²) in [6, 6.07) is 13.8. The number of hydrogen-bond acceptors (Lipinski definition) is 6. The molecule has 4 aromatic heterocycles. The van der Waals surface area contributed by atoms with E-state index in [1.54, 1.807) is 37.1 Å². The van der Waals surface area contributed by atoms with Crippen molar-refractivity contribution in [2.45, 2.75) is 18.6 Å². The molecule has 2 N–H and O–H groups in total. The molecular formula is C24H20FN7O. The number of aromatic nitrogens is 6. The SMILES string of the molecule is O[C@@H](c1ccccc1)c1cnc(N2CCc3[nH]cnc3[C@H]2c2cc3c(F)cccn3n2)cn1. The van der Waals surface area contributed by atoms with Gasteiger partial charge >= 0.3 is 0 Å². The van der Waals surface area contributed by atoms with Crippen molar-refractivity contribution in [3.8, 4) is 0 Å². The van der Waals surface area contributed by atoms with Gasteiger partial charge in [0.1, 0.15) is 29.3 Å². The smallest absolute Gasteiger partial charge is 0.148 e. The maximum atomic E-state index is 14.3. The number of aromatic amines is 1. The fraction of sp³-hybridized carbons (Fsp3) is 0.167. The van der Waals surface area contributed by atoms with E-state index in [1.807, 2.05) is 30.3 Å². The number of nitrogens with one attached hydrogen (secondary N) is 1. The Balaban J connectivity index is 1.38. The number of H-pyrrole nitrogens is 1. The second kappa shape index (κ2) is 7.79. The number of halogens is 1. The quantitative estimate of drug-likeness (QED) is 0.445. The normalized spacial score (nSPS) is 16.7. The number of imidazole rings is 1. The van der Waals surface area contributed by atoms with Gasteiger partial charge in [-0.15, -0.1) is 0 Å². The Labute approximate surface area is 188 Å². The summed E-state index contributed by atoms with van der Waals surface area (Å²) >= 11 is 0. The van der Waals surface area contributed by atoms with Gasteiger partial charge < -0.3 is 15.0 Å². The van der Waals surface area contributed by atoms with E-state index in [9.17, 15) is 9.50 Å². The van der Waals surface area contributed by atoms with E-state index in [2.05, 4.69) is 29.9 Å². The highest BCUT2D eigenvalue weighted by molar-refractivity contribution is 5.54. The van der Waals surface area contributed by atoms with Gasteiger partial charge in [-0.05, 0) is 23.8 Å². The first kappa shape index (κ1) is 19.6. The molecule has 9 heteroatoms. The average Bonchev–Trinajstić information content (AvgIpc) is 3.51. The lowest BCUT2D eigenvalue weighted by Crippen LogP contribution is -2.37. The van der Waals surface area contributed by atoms with Crippen LogP contribution in [0.25, 0.3) is 5.52 Å². The number of anilines is 1. The number of rotatable bonds is 4. The van der Waals surface area contributed by atoms with Crippen molar-refractivity contribution in [2.75, 3.05) is 11.4 Å². The lowest BCUT2D eigenvalue weighted by molar-refractivity contribution is 0.215. The van der Waals surface area contributed by atoms with Gasteiger partial charge in [-0.3, -0.25) is 4.98 Å². The number of pyridine rings is 1. The fourth-order valence-electron chi connectivity index (χ4n) is 4.38. The number of aliphatic hydroxyl groups excluding tert-OH is 1. The van der Waals surface area contributed by atoms with E-state index in [-0.39, 0.29) is 11.9 Å². The molecule has 2 atom stereocenters. The molecule has 5 aromatic rings. The predicted octanol–water partition coefficient (Wildman–Crippen LogP) is 3.22. The Morgan fingerprint density at radius 1 is 1.06 bits per heavy atom. The lowest BCUT2D eigenvalue weighted by Gasteiger charge is -2.34. The molecule has 5 heterocycles. The van der Waals surface area contributed by atoms with Crippen LogP contribution in [0, 0.1) is 5.82 Å². The van der Waals surface area contributed by atoms with Gasteiger partial charge in [-0.25, -0.2) is 18.9 Å². The Kier molecular flexibility index (Phi) is 4.62. The monoisotopic (exact) mass is 441 g/mol. The van der Waals surface area contributed by atoms with Crippen LogP contribution in [0.5, 0.6) is 0 Å². The second-order valence-electron chi connectivity index (χ2n) is 7.98. The van der Waals surface area contributed by atoms with Crippen LogP contribution < -0.4 is 4.90 Å². The topological polar surface area (TPSA) is 95.2 Å². The Morgan fingerprint density at radius 3 is 2.73 bits per heavy atom. The molecule has 164 valence electrons. The van der Waals surface area contributed by atoms with Crippen LogP contribution in [-0.2, 0) is 6.42 Å². The highest BCUT2D eigenvalue weighted by atomic mass is 19.1. The van der Waals surface area contributed by atoms with Crippen LogP contribution in [0.4, 0.5) is 10.2 Å². The largest absolute Gasteiger partial charge is 0.382 e. The number of hydrogen-bond donors (Lipinski definition) is 2. The van der Waals surface area contributed by atoms with Crippen molar-refractivity contribution in [3.63, 3.8) is 0 Å². The van der Waals surface area contributed by atoms with Crippen LogP contribution in [0.15, 0.2) is 73.4 Å². The molecule has 0 saturated carbocycles. The molecule has 0 radical (unpaired) electrons. The minimum absolute atomic E-state index is 0.333. The zero-order chi connectivity index (χ0) is 22.4. The summed E-state index contributed by atoms with van der Waals surface area (Å²) in [4.78, 5) is 18.9. The molecule has 0 bridgehead atoms. The molecule has 0 amide bonds. The van der Waals surface area contributed by atoms with Crippen molar-refractivity contribution in [3.05, 3.63) is 108 Å². The second-order valence-corrected chi connectivity index (χ2v) is 7.98. The van der Waals surface area contributed by atoms with Gasteiger partial charge in [-0.2, -0.15) is 5.10 Å². The maximum absolute atomic E-state index is 14.3. The van der Waals surface area contributed by atoms with Gasteiger partial charge in [0, 0.05) is 24.9 Å². The van der Waals surface area contributed by atoms with Crippen LogP contribution in [0.1, 0.15) is 40.5 Å². The van der Waals surface area contributed by atoms with E-state index in [4.69, 9.17) is 0 Å². The first-order valence-corrected chi connectivity index (χ1v) is 10.7. The van der Waals surface area contributed by atoms with Crippen LogP contribution in [0.2, 0.25) is 0 Å². The van der Waals surface area contributed by atoms with Gasteiger partial charge in [0.2, 0.25) is 0 Å². The molecule has 8 nitrogen and oxygen atoms in total. The Morgan fingerprint density at radius 2 is 1.94 bits per heavy atom. The molecule has 0 spiro atoms.